The third kappa shape index (κ3) is 12.0. The average Bonchev–Trinajstić information content (AvgIpc) is 3.58. The number of Topliss-reactive ketones (excluding diaryl/α,β-unsaturated/α-hetero) is 1. The van der Waals surface area contributed by atoms with Crippen molar-refractivity contribution >= 4 is 17.7 Å². The minimum Gasteiger partial charge on any atom is -0.508 e. The van der Waals surface area contributed by atoms with Crippen molar-refractivity contribution in [1.29, 1.82) is 0 Å². The van der Waals surface area contributed by atoms with Gasteiger partial charge >= 0.3 is 12.1 Å². The van der Waals surface area contributed by atoms with Crippen molar-refractivity contribution < 1.29 is 47.6 Å². The molecule has 4 rings (SSSR count). The van der Waals surface area contributed by atoms with E-state index in [9.17, 15) is 33.0 Å². The molecule has 3 aromatic rings. The number of phenolic OH excluding ortho intramolecular Hbond substituents is 1. The quantitative estimate of drug-likeness (QED) is 0.153. The highest BCUT2D eigenvalue weighted by Gasteiger charge is 2.38. The molecule has 47 heavy (non-hydrogen) atoms. The van der Waals surface area contributed by atoms with Crippen molar-refractivity contribution in [1.82, 2.24) is 14.8 Å². The van der Waals surface area contributed by atoms with Crippen molar-refractivity contribution in [3.05, 3.63) is 89.7 Å². The molecular formula is C34H40F3N3O7. The number of pyridine rings is 1. The van der Waals surface area contributed by atoms with Gasteiger partial charge in [0.05, 0.1) is 25.4 Å². The Hall–Kier alpha value is -4.49. The maximum Gasteiger partial charge on any atom is 0.490 e. The number of carboxylic acids is 1. The number of aromatic hydroxyl groups is 1. The first-order valence-corrected chi connectivity index (χ1v) is 15.2. The lowest BCUT2D eigenvalue weighted by molar-refractivity contribution is -0.192. The highest BCUT2D eigenvalue weighted by Crippen LogP contribution is 2.27. The first-order chi connectivity index (χ1) is 22.4. The van der Waals surface area contributed by atoms with Crippen LogP contribution in [-0.4, -0.2) is 86.7 Å². The Morgan fingerprint density at radius 3 is 2.13 bits per heavy atom. The fraction of sp³-hybridized carbons (Fsp3) is 0.412. The van der Waals surface area contributed by atoms with Crippen molar-refractivity contribution in [2.45, 2.75) is 63.4 Å². The topological polar surface area (TPSA) is 140 Å². The van der Waals surface area contributed by atoms with Gasteiger partial charge in [-0.1, -0.05) is 18.2 Å². The zero-order valence-corrected chi connectivity index (χ0v) is 26.1. The molecule has 1 saturated heterocycles. The number of ketones is 1. The summed E-state index contributed by atoms with van der Waals surface area (Å²) >= 11 is 0. The van der Waals surface area contributed by atoms with Crippen molar-refractivity contribution in [2.75, 3.05) is 26.7 Å². The Bertz CT molecular complexity index is 1420. The van der Waals surface area contributed by atoms with Crippen molar-refractivity contribution in [3.8, 4) is 11.5 Å². The normalized spacial score (nSPS) is 14.4. The first-order valence-electron chi connectivity index (χ1n) is 15.2. The summed E-state index contributed by atoms with van der Waals surface area (Å²) in [7, 11) is 1.59. The Labute approximate surface area is 271 Å². The lowest BCUT2D eigenvalue weighted by atomic mass is 9.98. The number of nitrogens with zero attached hydrogens (tertiary/aromatic N) is 3. The van der Waals surface area contributed by atoms with Gasteiger partial charge in [-0.05, 0) is 92.9 Å². The van der Waals surface area contributed by atoms with E-state index in [0.29, 0.717) is 42.7 Å². The molecule has 2 aromatic carbocycles. The minimum atomic E-state index is -5.08. The van der Waals surface area contributed by atoms with Crippen LogP contribution in [0.4, 0.5) is 13.2 Å². The molecule has 0 radical (unpaired) electrons. The van der Waals surface area contributed by atoms with E-state index in [1.54, 1.807) is 66.7 Å². The molecule has 10 nitrogen and oxygen atoms in total. The third-order valence-electron chi connectivity index (χ3n) is 7.72. The van der Waals surface area contributed by atoms with Crippen molar-refractivity contribution in [3.63, 3.8) is 0 Å². The molecule has 0 spiro atoms. The number of hydrogen-bond acceptors (Lipinski definition) is 8. The van der Waals surface area contributed by atoms with Gasteiger partial charge in [-0.2, -0.15) is 13.2 Å². The van der Waals surface area contributed by atoms with Gasteiger partial charge in [-0.15, -0.1) is 0 Å². The largest absolute Gasteiger partial charge is 0.508 e. The number of aliphatic carboxylic acids is 1. The van der Waals surface area contributed by atoms with Gasteiger partial charge in [-0.25, -0.2) is 4.79 Å². The number of methoxy groups -OCH3 is 1. The second-order valence-corrected chi connectivity index (χ2v) is 11.1. The molecule has 1 aliphatic rings. The lowest BCUT2D eigenvalue weighted by Gasteiger charge is -2.37. The minimum absolute atomic E-state index is 0.0371. The van der Waals surface area contributed by atoms with Crippen LogP contribution in [-0.2, 0) is 16.1 Å². The molecule has 13 heteroatoms. The number of rotatable bonds is 14. The highest BCUT2D eigenvalue weighted by molar-refractivity contribution is 5.96. The molecule has 0 bridgehead atoms. The molecule has 0 aliphatic carbocycles. The van der Waals surface area contributed by atoms with E-state index in [0.717, 1.165) is 31.6 Å². The zero-order valence-electron chi connectivity index (χ0n) is 26.1. The van der Waals surface area contributed by atoms with Crippen LogP contribution in [0.5, 0.6) is 11.5 Å². The molecule has 1 fully saturated rings. The third-order valence-corrected chi connectivity index (χ3v) is 7.72. The Morgan fingerprint density at radius 2 is 1.57 bits per heavy atom. The maximum absolute atomic E-state index is 13.8. The number of halogens is 3. The van der Waals surface area contributed by atoms with Crippen molar-refractivity contribution in [2.24, 2.45) is 0 Å². The summed E-state index contributed by atoms with van der Waals surface area (Å²) in [5, 5.41) is 28.4. The molecular weight excluding hydrogens is 619 g/mol. The standard InChI is InChI=1S/C32H39N3O5.C2HF3O2/c1-40-28-17-13-24(14-18-28)30(37)9-2-3-10-31(38)35(22-26-8-4-5-19-33-26)29(23-34-20-6-7-21-34)32(39)25-11-15-27(36)16-12-25;3-2(4,5)1(6)7/h4-5,8,11-19,29,32,36,39H,2-3,6-7,9-10,20-23H2,1H3;(H,6,7)/t29-,32-;/m1./s1. The van der Waals surface area contributed by atoms with Gasteiger partial charge in [0.15, 0.2) is 5.78 Å². The van der Waals surface area contributed by atoms with E-state index < -0.39 is 24.3 Å². The van der Waals surface area contributed by atoms with Gasteiger partial charge < -0.3 is 29.9 Å². The van der Waals surface area contributed by atoms with Gasteiger partial charge in [0.1, 0.15) is 17.6 Å². The summed E-state index contributed by atoms with van der Waals surface area (Å²) in [6, 6.07) is 18.7. The van der Waals surface area contributed by atoms with Gasteiger partial charge in [0.25, 0.3) is 0 Å². The number of carbonyl (C=O) groups excluding carboxylic acids is 2. The van der Waals surface area contributed by atoms with Gasteiger partial charge in [0.2, 0.25) is 5.91 Å². The summed E-state index contributed by atoms with van der Waals surface area (Å²) in [6.45, 7) is 2.67. The summed E-state index contributed by atoms with van der Waals surface area (Å²) in [6.07, 6.45) is -0.359. The molecule has 0 unspecified atom stereocenters. The van der Waals surface area contributed by atoms with Crippen LogP contribution in [0.1, 0.15) is 66.2 Å². The molecule has 1 amide bonds. The Balaban J connectivity index is 0.000000771. The number of carbonyl (C=O) groups is 3. The van der Waals surface area contributed by atoms with Crippen LogP contribution >= 0.6 is 0 Å². The molecule has 1 aliphatic heterocycles. The number of benzene rings is 2. The molecule has 2 heterocycles. The number of ether oxygens (including phenoxy) is 1. The number of hydrogen-bond donors (Lipinski definition) is 3. The molecule has 0 saturated carbocycles. The van der Waals surface area contributed by atoms with Crippen LogP contribution < -0.4 is 4.74 Å². The second kappa shape index (κ2) is 18.0. The zero-order chi connectivity index (χ0) is 34.4. The number of carboxylic acid groups (broad SMARTS) is 1. The SMILES string of the molecule is COc1ccc(C(=O)CCCCC(=O)N(Cc2ccccn2)[C@H](CN2CCCC2)[C@H](O)c2ccc(O)cc2)cc1.O=C(O)C(F)(F)F. The monoisotopic (exact) mass is 659 g/mol. The number of alkyl halides is 3. The Morgan fingerprint density at radius 1 is 0.957 bits per heavy atom. The van der Waals surface area contributed by atoms with Crippen LogP contribution in [0.2, 0.25) is 0 Å². The van der Waals surface area contributed by atoms with Crippen LogP contribution in [0, 0.1) is 0 Å². The van der Waals surface area contributed by atoms with E-state index >= 15 is 0 Å². The second-order valence-electron chi connectivity index (χ2n) is 11.1. The number of aromatic nitrogens is 1. The lowest BCUT2D eigenvalue weighted by Crippen LogP contribution is -2.49. The van der Waals surface area contributed by atoms with E-state index in [1.165, 1.54) is 0 Å². The van der Waals surface area contributed by atoms with E-state index in [-0.39, 0.29) is 30.4 Å². The number of aliphatic hydroxyl groups excluding tert-OH is 1. The highest BCUT2D eigenvalue weighted by atomic mass is 19.4. The maximum atomic E-state index is 13.8. The fourth-order valence-corrected chi connectivity index (χ4v) is 5.18. The summed E-state index contributed by atoms with van der Waals surface area (Å²) < 4.78 is 36.9. The summed E-state index contributed by atoms with van der Waals surface area (Å²) in [5.41, 5.74) is 2.02. The number of amides is 1. The first kappa shape index (κ1) is 37.0. The number of phenols is 1. The predicted molar refractivity (Wildman–Crippen MR) is 167 cm³/mol. The predicted octanol–water partition coefficient (Wildman–Crippen LogP) is 5.40. The molecule has 254 valence electrons. The van der Waals surface area contributed by atoms with Gasteiger partial charge in [0, 0.05) is 31.1 Å². The van der Waals surface area contributed by atoms with Crippen LogP contribution in [0.3, 0.4) is 0 Å². The fourth-order valence-electron chi connectivity index (χ4n) is 5.18. The number of unbranched alkanes of at least 4 members (excludes halogenated alkanes) is 1. The number of aliphatic hydroxyl groups is 1. The Kier molecular flexibility index (Phi) is 14.2. The summed E-state index contributed by atoms with van der Waals surface area (Å²) in [5.74, 6) is -1.97. The molecule has 2 atom stereocenters. The number of likely N-dealkylation sites (tertiary alicyclic amines) is 1. The summed E-state index contributed by atoms with van der Waals surface area (Å²) in [4.78, 5) is 43.8. The van der Waals surface area contributed by atoms with Crippen LogP contribution in [0.15, 0.2) is 72.9 Å². The average molecular weight is 660 g/mol. The van der Waals surface area contributed by atoms with E-state index in [1.807, 2.05) is 18.2 Å². The van der Waals surface area contributed by atoms with Crippen LogP contribution in [0.25, 0.3) is 0 Å². The smallest absolute Gasteiger partial charge is 0.490 e. The van der Waals surface area contributed by atoms with E-state index in [4.69, 9.17) is 14.6 Å². The van der Waals surface area contributed by atoms with E-state index in [2.05, 4.69) is 9.88 Å². The molecule has 3 N–H and O–H groups in total. The molecule has 1 aromatic heterocycles. The van der Waals surface area contributed by atoms with Gasteiger partial charge in [-0.3, -0.25) is 14.6 Å².